The van der Waals surface area contributed by atoms with Gasteiger partial charge in [-0.2, -0.15) is 0 Å². The van der Waals surface area contributed by atoms with E-state index in [0.717, 1.165) is 9.87 Å². The van der Waals surface area contributed by atoms with Crippen molar-refractivity contribution in [1.29, 1.82) is 0 Å². The van der Waals surface area contributed by atoms with E-state index in [-0.39, 0.29) is 33.6 Å². The molecule has 1 atom stereocenters. The molecule has 1 unspecified atom stereocenters. The largest absolute Gasteiger partial charge is 0.350 e. The number of amides is 2. The summed E-state index contributed by atoms with van der Waals surface area (Å²) >= 11 is 25.3. The predicted molar refractivity (Wildman–Crippen MR) is 171 cm³/mol. The Morgan fingerprint density at radius 3 is 2.00 bits per heavy atom. The van der Waals surface area contributed by atoms with E-state index >= 15 is 0 Å². The molecule has 1 N–H and O–H groups in total. The van der Waals surface area contributed by atoms with Crippen LogP contribution in [0.5, 0.6) is 0 Å². The first-order valence-electron chi connectivity index (χ1n) is 13.1. The second kappa shape index (κ2) is 13.9. The number of anilines is 1. The molecule has 0 aromatic heterocycles. The van der Waals surface area contributed by atoms with Crippen LogP contribution in [0.4, 0.5) is 5.69 Å². The van der Waals surface area contributed by atoms with Gasteiger partial charge >= 0.3 is 0 Å². The van der Waals surface area contributed by atoms with E-state index in [1.54, 1.807) is 37.3 Å². The second-order valence-corrected chi connectivity index (χ2v) is 14.3. The summed E-state index contributed by atoms with van der Waals surface area (Å²) in [7, 11) is -4.27. The van der Waals surface area contributed by atoms with E-state index in [9.17, 15) is 18.0 Å². The highest BCUT2D eigenvalue weighted by atomic mass is 35.5. The fourth-order valence-electron chi connectivity index (χ4n) is 4.23. The number of nitrogens with zero attached hydrogens (tertiary/aromatic N) is 2. The van der Waals surface area contributed by atoms with Crippen LogP contribution in [0.25, 0.3) is 0 Å². The summed E-state index contributed by atoms with van der Waals surface area (Å²) < 4.78 is 28.9. The van der Waals surface area contributed by atoms with Crippen molar-refractivity contribution in [3.63, 3.8) is 0 Å². The minimum atomic E-state index is -4.27. The van der Waals surface area contributed by atoms with E-state index in [1.165, 1.54) is 35.2 Å². The van der Waals surface area contributed by atoms with Gasteiger partial charge in [0, 0.05) is 27.7 Å². The van der Waals surface area contributed by atoms with Crippen LogP contribution in [0.2, 0.25) is 20.1 Å². The summed E-state index contributed by atoms with van der Waals surface area (Å²) in [4.78, 5) is 28.9. The fraction of sp³-hybridized carbons (Fsp3) is 0.333. The van der Waals surface area contributed by atoms with E-state index in [2.05, 4.69) is 5.32 Å². The van der Waals surface area contributed by atoms with Gasteiger partial charge in [0.15, 0.2) is 0 Å². The number of carbonyl (C=O) groups is 2. The summed E-state index contributed by atoms with van der Waals surface area (Å²) in [5.74, 6) is -1.05. The molecule has 0 bridgehead atoms. The van der Waals surface area contributed by atoms with Crippen molar-refractivity contribution >= 4 is 73.9 Å². The Bertz CT molecular complexity index is 1540. The number of rotatable bonds is 10. The Balaban J connectivity index is 2.14. The first-order chi connectivity index (χ1) is 19.5. The fourth-order valence-corrected chi connectivity index (χ4v) is 6.45. The number of carbonyl (C=O) groups excluding carboxylic acids is 2. The van der Waals surface area contributed by atoms with Gasteiger partial charge in [-0.25, -0.2) is 8.42 Å². The molecule has 12 heteroatoms. The van der Waals surface area contributed by atoms with Crippen molar-refractivity contribution < 1.29 is 18.0 Å². The second-order valence-electron chi connectivity index (χ2n) is 10.8. The third-order valence-corrected chi connectivity index (χ3v) is 9.59. The van der Waals surface area contributed by atoms with Crippen LogP contribution in [0.1, 0.15) is 45.2 Å². The molecule has 0 heterocycles. The molecule has 0 saturated carbocycles. The van der Waals surface area contributed by atoms with Crippen LogP contribution in [0.15, 0.2) is 65.6 Å². The lowest BCUT2D eigenvalue weighted by molar-refractivity contribution is -0.141. The van der Waals surface area contributed by atoms with Gasteiger partial charge in [0.1, 0.15) is 12.6 Å². The van der Waals surface area contributed by atoms with Crippen LogP contribution < -0.4 is 9.62 Å². The molecule has 42 heavy (non-hydrogen) atoms. The van der Waals surface area contributed by atoms with E-state index in [4.69, 9.17) is 46.4 Å². The summed E-state index contributed by atoms with van der Waals surface area (Å²) in [6, 6.07) is 14.5. The zero-order valence-corrected chi connectivity index (χ0v) is 27.8. The SMILES string of the molecule is CCC(C(=O)NC(C)(C)C)N(Cc1c(Cl)cccc1Cl)C(=O)CN(c1ccc(Cl)c(Cl)c1)S(=O)(=O)c1ccc(C)cc1. The first-order valence-corrected chi connectivity index (χ1v) is 16.1. The lowest BCUT2D eigenvalue weighted by atomic mass is 10.1. The predicted octanol–water partition coefficient (Wildman–Crippen LogP) is 7.53. The van der Waals surface area contributed by atoms with Crippen molar-refractivity contribution in [2.45, 2.75) is 64.1 Å². The Labute approximate surface area is 267 Å². The normalized spacial score (nSPS) is 12.5. The van der Waals surface area contributed by atoms with Crippen molar-refractivity contribution in [1.82, 2.24) is 10.2 Å². The number of nitrogens with one attached hydrogen (secondary N) is 1. The Hall–Kier alpha value is -2.49. The van der Waals surface area contributed by atoms with Gasteiger partial charge in [-0.1, -0.05) is 77.1 Å². The maximum absolute atomic E-state index is 14.2. The van der Waals surface area contributed by atoms with Crippen LogP contribution in [-0.2, 0) is 26.2 Å². The van der Waals surface area contributed by atoms with Gasteiger partial charge in [-0.05, 0) is 76.6 Å². The van der Waals surface area contributed by atoms with Crippen molar-refractivity contribution in [2.24, 2.45) is 0 Å². The van der Waals surface area contributed by atoms with Crippen LogP contribution in [0.3, 0.4) is 0 Å². The van der Waals surface area contributed by atoms with Gasteiger partial charge in [0.25, 0.3) is 10.0 Å². The average Bonchev–Trinajstić information content (AvgIpc) is 2.89. The summed E-state index contributed by atoms with van der Waals surface area (Å²) in [6.45, 7) is 8.31. The number of hydrogen-bond acceptors (Lipinski definition) is 4. The highest BCUT2D eigenvalue weighted by molar-refractivity contribution is 7.92. The highest BCUT2D eigenvalue weighted by Crippen LogP contribution is 2.32. The Kier molecular flexibility index (Phi) is 11.2. The maximum atomic E-state index is 14.2. The van der Waals surface area contributed by atoms with Crippen molar-refractivity contribution in [2.75, 3.05) is 10.8 Å². The van der Waals surface area contributed by atoms with Gasteiger partial charge in [-0.15, -0.1) is 0 Å². The monoisotopic (exact) mass is 671 g/mol. The zero-order chi connectivity index (χ0) is 31.4. The maximum Gasteiger partial charge on any atom is 0.264 e. The smallest absolute Gasteiger partial charge is 0.264 e. The zero-order valence-electron chi connectivity index (χ0n) is 23.9. The molecular weight excluding hydrogens is 640 g/mol. The van der Waals surface area contributed by atoms with E-state index in [1.807, 2.05) is 27.7 Å². The molecular formula is C30H33Cl4N3O4S. The van der Waals surface area contributed by atoms with E-state index in [0.29, 0.717) is 15.6 Å². The third-order valence-electron chi connectivity index (χ3n) is 6.35. The van der Waals surface area contributed by atoms with Gasteiger partial charge in [0.2, 0.25) is 11.8 Å². The number of halogens is 4. The first kappa shape index (κ1) is 34.0. The molecule has 2 amide bonds. The topological polar surface area (TPSA) is 86.8 Å². The summed E-state index contributed by atoms with van der Waals surface area (Å²) in [5.41, 5.74) is 0.840. The van der Waals surface area contributed by atoms with Gasteiger partial charge < -0.3 is 10.2 Å². The average molecular weight is 673 g/mol. The lowest BCUT2D eigenvalue weighted by Gasteiger charge is -2.35. The van der Waals surface area contributed by atoms with Crippen molar-refractivity contribution in [3.8, 4) is 0 Å². The van der Waals surface area contributed by atoms with Gasteiger partial charge in [-0.3, -0.25) is 13.9 Å². The number of sulfonamides is 1. The number of aryl methyl sites for hydroxylation is 1. The molecule has 7 nitrogen and oxygen atoms in total. The molecule has 0 aliphatic rings. The highest BCUT2D eigenvalue weighted by Gasteiger charge is 2.35. The third kappa shape index (κ3) is 8.32. The Morgan fingerprint density at radius 1 is 0.881 bits per heavy atom. The molecule has 226 valence electrons. The molecule has 0 radical (unpaired) electrons. The number of benzene rings is 3. The van der Waals surface area contributed by atoms with Crippen LogP contribution in [0, 0.1) is 6.92 Å². The molecule has 0 spiro atoms. The molecule has 3 aromatic rings. The quantitative estimate of drug-likeness (QED) is 0.241. The molecule has 3 rings (SSSR count). The molecule has 0 saturated heterocycles. The summed E-state index contributed by atoms with van der Waals surface area (Å²) in [5, 5.41) is 3.86. The van der Waals surface area contributed by atoms with Crippen LogP contribution >= 0.6 is 46.4 Å². The molecule has 0 fully saturated rings. The van der Waals surface area contributed by atoms with Crippen molar-refractivity contribution in [3.05, 3.63) is 91.9 Å². The standard InChI is InChI=1S/C30H33Cl4N3O4S/c1-6-27(29(39)35-30(3,4)5)36(17-22-23(31)8-7-9-24(22)32)28(38)18-37(20-12-15-25(33)26(34)16-20)42(40,41)21-13-10-19(2)11-14-21/h7-16,27H,6,17-18H2,1-5H3,(H,35,39). The Morgan fingerprint density at radius 2 is 1.48 bits per heavy atom. The molecule has 0 aliphatic heterocycles. The lowest BCUT2D eigenvalue weighted by Crippen LogP contribution is -2.55. The molecule has 3 aromatic carbocycles. The number of hydrogen-bond donors (Lipinski definition) is 1. The van der Waals surface area contributed by atoms with E-state index < -0.39 is 40.0 Å². The van der Waals surface area contributed by atoms with Crippen LogP contribution in [-0.4, -0.2) is 43.3 Å². The minimum Gasteiger partial charge on any atom is -0.350 e. The van der Waals surface area contributed by atoms with Gasteiger partial charge in [0.05, 0.1) is 20.6 Å². The summed E-state index contributed by atoms with van der Waals surface area (Å²) in [6.07, 6.45) is 0.243. The molecule has 0 aliphatic carbocycles. The minimum absolute atomic E-state index is 0.0230.